The fourth-order valence-electron chi connectivity index (χ4n) is 5.29. The molecule has 0 unspecified atom stereocenters. The highest BCUT2D eigenvalue weighted by Crippen LogP contribution is 2.36. The average molecular weight is 496 g/mol. The van der Waals surface area contributed by atoms with Crippen molar-refractivity contribution in [3.63, 3.8) is 0 Å². The third-order valence-electron chi connectivity index (χ3n) is 7.11. The zero-order valence-corrected chi connectivity index (χ0v) is 21.7. The Balaban J connectivity index is 1.57. The van der Waals surface area contributed by atoms with Gasteiger partial charge < -0.3 is 24.4 Å². The van der Waals surface area contributed by atoms with Crippen LogP contribution >= 0.6 is 0 Å². The molecule has 2 aliphatic rings. The van der Waals surface area contributed by atoms with E-state index in [0.717, 1.165) is 30.0 Å². The number of nitrogens with one attached hydrogen (secondary N) is 1. The number of benzene rings is 1. The summed E-state index contributed by atoms with van der Waals surface area (Å²) in [5, 5.41) is 4.66. The van der Waals surface area contributed by atoms with Gasteiger partial charge in [-0.2, -0.15) is 0 Å². The lowest BCUT2D eigenvalue weighted by molar-refractivity contribution is -0.139. The highest BCUT2D eigenvalue weighted by molar-refractivity contribution is 5.90. The van der Waals surface area contributed by atoms with E-state index in [2.05, 4.69) is 30.2 Å². The summed E-state index contributed by atoms with van der Waals surface area (Å²) in [5.41, 5.74) is 0. The standard InChI is InChI=1S/C28H37N3O5/c1-18-8-6-5-7-10-29-27(33)23-15-21(17-31(23)26(32)13-19(2)12-18)36-28-22-16-25(35-4)24(34-3)14-20(22)9-11-30-28/h5,7,9,11,14,16,18-19,21,23H,6,8,10,12-13,15,17H2,1-4H3,(H,29,33)/b7-5-/t18-,19+,21+,23-/m0/s1. The first kappa shape index (κ1) is 25.8. The second-order valence-electron chi connectivity index (χ2n) is 10.0. The quantitative estimate of drug-likeness (QED) is 0.642. The summed E-state index contributed by atoms with van der Waals surface area (Å²) in [6, 6.07) is 5.04. The molecule has 4 rings (SSSR count). The van der Waals surface area contributed by atoms with E-state index >= 15 is 0 Å². The largest absolute Gasteiger partial charge is 0.493 e. The second kappa shape index (κ2) is 11.6. The number of fused-ring (bicyclic) bond motifs is 2. The number of pyridine rings is 1. The number of hydrogen-bond acceptors (Lipinski definition) is 6. The predicted molar refractivity (Wildman–Crippen MR) is 138 cm³/mol. The van der Waals surface area contributed by atoms with Crippen LogP contribution in [0.1, 0.15) is 46.0 Å². The maximum Gasteiger partial charge on any atom is 0.243 e. The van der Waals surface area contributed by atoms with Crippen LogP contribution in [0.5, 0.6) is 17.4 Å². The number of hydrogen-bond donors (Lipinski definition) is 1. The number of allylic oxidation sites excluding steroid dienone is 1. The van der Waals surface area contributed by atoms with Crippen LogP contribution in [-0.2, 0) is 9.59 Å². The predicted octanol–water partition coefficient (Wildman–Crippen LogP) is 4.12. The molecule has 194 valence electrons. The van der Waals surface area contributed by atoms with Crippen molar-refractivity contribution >= 4 is 22.6 Å². The van der Waals surface area contributed by atoms with Crippen LogP contribution in [0, 0.1) is 11.8 Å². The van der Waals surface area contributed by atoms with Crippen LogP contribution in [0.3, 0.4) is 0 Å². The Kier molecular flexibility index (Phi) is 8.33. The molecule has 1 N–H and O–H groups in total. The van der Waals surface area contributed by atoms with E-state index in [0.29, 0.717) is 49.2 Å². The molecule has 2 amide bonds. The van der Waals surface area contributed by atoms with Crippen LogP contribution in [0.2, 0.25) is 0 Å². The number of nitrogens with zero attached hydrogens (tertiary/aromatic N) is 2. The molecule has 2 aromatic rings. The number of carbonyl (C=O) groups excluding carboxylic acids is 2. The van der Waals surface area contributed by atoms with Crippen molar-refractivity contribution in [3.8, 4) is 17.4 Å². The normalized spacial score (nSPS) is 26.6. The molecule has 3 heterocycles. The summed E-state index contributed by atoms with van der Waals surface area (Å²) in [5.74, 6) is 2.32. The number of methoxy groups -OCH3 is 2. The first-order valence-corrected chi connectivity index (χ1v) is 12.8. The van der Waals surface area contributed by atoms with E-state index in [4.69, 9.17) is 14.2 Å². The van der Waals surface area contributed by atoms with E-state index in [1.165, 1.54) is 0 Å². The van der Waals surface area contributed by atoms with E-state index in [9.17, 15) is 9.59 Å². The fraction of sp³-hybridized carbons (Fsp3) is 0.536. The summed E-state index contributed by atoms with van der Waals surface area (Å²) in [6.07, 6.45) is 9.37. The first-order valence-electron chi connectivity index (χ1n) is 12.8. The third kappa shape index (κ3) is 5.91. The summed E-state index contributed by atoms with van der Waals surface area (Å²) in [6.45, 7) is 5.17. The van der Waals surface area contributed by atoms with Crippen LogP contribution in [-0.4, -0.2) is 61.2 Å². The summed E-state index contributed by atoms with van der Waals surface area (Å²) >= 11 is 0. The molecule has 1 fully saturated rings. The van der Waals surface area contributed by atoms with Gasteiger partial charge in [-0.25, -0.2) is 4.98 Å². The Morgan fingerprint density at radius 1 is 1.03 bits per heavy atom. The topological polar surface area (TPSA) is 90.0 Å². The van der Waals surface area contributed by atoms with E-state index < -0.39 is 6.04 Å². The molecular formula is C28H37N3O5. The minimum absolute atomic E-state index is 0.00540. The zero-order chi connectivity index (χ0) is 25.7. The van der Waals surface area contributed by atoms with Gasteiger partial charge in [0, 0.05) is 31.0 Å². The molecular weight excluding hydrogens is 458 g/mol. The molecule has 0 bridgehead atoms. The minimum atomic E-state index is -0.562. The molecule has 1 aromatic heterocycles. The Morgan fingerprint density at radius 2 is 1.81 bits per heavy atom. The Hall–Kier alpha value is -3.29. The molecule has 2 aliphatic heterocycles. The van der Waals surface area contributed by atoms with Gasteiger partial charge >= 0.3 is 0 Å². The molecule has 0 aliphatic carbocycles. The van der Waals surface area contributed by atoms with Gasteiger partial charge in [0.15, 0.2) is 11.5 Å². The zero-order valence-electron chi connectivity index (χ0n) is 21.7. The summed E-state index contributed by atoms with van der Waals surface area (Å²) in [7, 11) is 3.18. The molecule has 0 saturated carbocycles. The van der Waals surface area contributed by atoms with Gasteiger partial charge in [0.25, 0.3) is 0 Å². The first-order chi connectivity index (χ1) is 17.4. The van der Waals surface area contributed by atoms with Crippen molar-refractivity contribution in [2.75, 3.05) is 27.3 Å². The highest BCUT2D eigenvalue weighted by atomic mass is 16.5. The van der Waals surface area contributed by atoms with E-state index in [1.54, 1.807) is 25.3 Å². The lowest BCUT2D eigenvalue weighted by atomic mass is 9.91. The van der Waals surface area contributed by atoms with Crippen molar-refractivity contribution in [2.24, 2.45) is 11.8 Å². The molecule has 1 aromatic carbocycles. The number of carbonyl (C=O) groups is 2. The lowest BCUT2D eigenvalue weighted by Gasteiger charge is -2.26. The molecule has 1 saturated heterocycles. The molecule has 0 radical (unpaired) electrons. The highest BCUT2D eigenvalue weighted by Gasteiger charge is 2.41. The smallest absolute Gasteiger partial charge is 0.243 e. The molecule has 0 spiro atoms. The monoisotopic (exact) mass is 495 g/mol. The van der Waals surface area contributed by atoms with Crippen LogP contribution in [0.15, 0.2) is 36.5 Å². The number of amides is 2. The van der Waals surface area contributed by atoms with Gasteiger partial charge in [0.05, 0.1) is 20.8 Å². The van der Waals surface area contributed by atoms with Crippen LogP contribution in [0.25, 0.3) is 10.8 Å². The summed E-state index contributed by atoms with van der Waals surface area (Å²) in [4.78, 5) is 32.5. The van der Waals surface area contributed by atoms with Gasteiger partial charge in [-0.05, 0) is 54.7 Å². The maximum absolute atomic E-state index is 13.3. The van der Waals surface area contributed by atoms with Crippen molar-refractivity contribution in [1.29, 1.82) is 0 Å². The molecule has 36 heavy (non-hydrogen) atoms. The fourth-order valence-corrected chi connectivity index (χ4v) is 5.29. The van der Waals surface area contributed by atoms with E-state index in [1.807, 2.05) is 24.3 Å². The van der Waals surface area contributed by atoms with Crippen molar-refractivity contribution < 1.29 is 23.8 Å². The Morgan fingerprint density at radius 3 is 2.58 bits per heavy atom. The number of aromatic nitrogens is 1. The minimum Gasteiger partial charge on any atom is -0.493 e. The lowest BCUT2D eigenvalue weighted by Crippen LogP contribution is -2.46. The SMILES string of the molecule is COc1cc2ccnc(O[C@@H]3C[C@H]4C(=O)NC/C=C\CC[C@H](C)C[C@@H](C)CC(=O)N4C3)c2cc1OC. The average Bonchev–Trinajstić information content (AvgIpc) is 3.29. The van der Waals surface area contributed by atoms with Crippen molar-refractivity contribution in [1.82, 2.24) is 15.2 Å². The Labute approximate surface area is 213 Å². The second-order valence-corrected chi connectivity index (χ2v) is 10.0. The Bertz CT molecular complexity index is 1120. The number of rotatable bonds is 4. The number of ether oxygens (including phenoxy) is 3. The maximum atomic E-state index is 13.3. The summed E-state index contributed by atoms with van der Waals surface area (Å²) < 4.78 is 17.2. The molecule has 8 heteroatoms. The third-order valence-corrected chi connectivity index (χ3v) is 7.11. The van der Waals surface area contributed by atoms with Gasteiger partial charge in [-0.15, -0.1) is 0 Å². The van der Waals surface area contributed by atoms with Crippen LogP contribution in [0.4, 0.5) is 0 Å². The van der Waals surface area contributed by atoms with E-state index in [-0.39, 0.29) is 23.8 Å². The molecule has 4 atom stereocenters. The van der Waals surface area contributed by atoms with Crippen molar-refractivity contribution in [3.05, 3.63) is 36.5 Å². The van der Waals surface area contributed by atoms with Gasteiger partial charge in [-0.3, -0.25) is 9.59 Å². The van der Waals surface area contributed by atoms with Gasteiger partial charge in [-0.1, -0.05) is 26.0 Å². The van der Waals surface area contributed by atoms with Gasteiger partial charge in [0.1, 0.15) is 12.1 Å². The molecule has 8 nitrogen and oxygen atoms in total. The van der Waals surface area contributed by atoms with Gasteiger partial charge in [0.2, 0.25) is 17.7 Å². The van der Waals surface area contributed by atoms with Crippen LogP contribution < -0.4 is 19.5 Å². The van der Waals surface area contributed by atoms with Crippen molar-refractivity contribution in [2.45, 2.75) is 58.1 Å².